The molecule has 0 bridgehead atoms. The van der Waals surface area contributed by atoms with Gasteiger partial charge in [-0.25, -0.2) is 0 Å². The van der Waals surface area contributed by atoms with Crippen LogP contribution in [0.2, 0.25) is 0 Å². The second-order valence-electron chi connectivity index (χ2n) is 5.33. The van der Waals surface area contributed by atoms with E-state index in [0.29, 0.717) is 16.6 Å². The van der Waals surface area contributed by atoms with Crippen LogP contribution in [0.1, 0.15) is 10.4 Å². The summed E-state index contributed by atoms with van der Waals surface area (Å²) in [4.78, 5) is 13.0. The smallest absolute Gasteiger partial charge is 0.282 e. The van der Waals surface area contributed by atoms with Crippen molar-refractivity contribution in [2.75, 3.05) is 5.32 Å². The molecule has 3 aromatic carbocycles. The summed E-state index contributed by atoms with van der Waals surface area (Å²) in [5, 5.41) is 11.3. The molecule has 0 amide bonds. The molecule has 0 aliphatic heterocycles. The SMILES string of the molecule is O=C(c1ccccc1Nc1ccccc1)n1nnc2ccccc21. The minimum absolute atomic E-state index is 0.220. The highest BCUT2D eigenvalue weighted by atomic mass is 16.2. The first kappa shape index (κ1) is 14.1. The summed E-state index contributed by atoms with van der Waals surface area (Å²) in [5.74, 6) is -0.220. The summed E-state index contributed by atoms with van der Waals surface area (Å²) < 4.78 is 1.33. The molecule has 0 radical (unpaired) electrons. The zero-order chi connectivity index (χ0) is 16.4. The number of fused-ring (bicyclic) bond motifs is 1. The van der Waals surface area contributed by atoms with Gasteiger partial charge in [0.25, 0.3) is 5.91 Å². The van der Waals surface area contributed by atoms with E-state index in [1.807, 2.05) is 72.8 Å². The number of para-hydroxylation sites is 3. The number of hydrogen-bond acceptors (Lipinski definition) is 4. The van der Waals surface area contributed by atoms with E-state index in [2.05, 4.69) is 15.6 Å². The summed E-state index contributed by atoms with van der Waals surface area (Å²) in [6.07, 6.45) is 0. The molecular weight excluding hydrogens is 300 g/mol. The van der Waals surface area contributed by atoms with E-state index in [0.717, 1.165) is 11.4 Å². The van der Waals surface area contributed by atoms with Crippen LogP contribution in [-0.2, 0) is 0 Å². The summed E-state index contributed by atoms with van der Waals surface area (Å²) in [6.45, 7) is 0. The largest absolute Gasteiger partial charge is 0.355 e. The lowest BCUT2D eigenvalue weighted by molar-refractivity contribution is 0.0949. The molecule has 0 aliphatic rings. The fourth-order valence-electron chi connectivity index (χ4n) is 2.59. The maximum absolute atomic E-state index is 13.0. The molecule has 5 nitrogen and oxygen atoms in total. The second-order valence-corrected chi connectivity index (χ2v) is 5.33. The van der Waals surface area contributed by atoms with Gasteiger partial charge in [-0.2, -0.15) is 4.68 Å². The molecule has 0 saturated heterocycles. The summed E-state index contributed by atoms with van der Waals surface area (Å²) >= 11 is 0. The first-order valence-electron chi connectivity index (χ1n) is 7.59. The molecule has 5 heteroatoms. The Morgan fingerprint density at radius 1 is 0.833 bits per heavy atom. The molecule has 0 fully saturated rings. The van der Waals surface area contributed by atoms with Crippen LogP contribution in [0.15, 0.2) is 78.9 Å². The number of nitrogens with one attached hydrogen (secondary N) is 1. The predicted octanol–water partition coefficient (Wildman–Crippen LogP) is 3.86. The fourth-order valence-corrected chi connectivity index (χ4v) is 2.59. The van der Waals surface area contributed by atoms with Crippen LogP contribution in [0.25, 0.3) is 11.0 Å². The summed E-state index contributed by atoms with van der Waals surface area (Å²) in [5.41, 5.74) is 3.57. The van der Waals surface area contributed by atoms with Crippen LogP contribution >= 0.6 is 0 Å². The van der Waals surface area contributed by atoms with E-state index in [1.54, 1.807) is 6.07 Å². The number of aromatic nitrogens is 3. The number of anilines is 2. The topological polar surface area (TPSA) is 59.8 Å². The van der Waals surface area contributed by atoms with Crippen LogP contribution in [0.3, 0.4) is 0 Å². The quantitative estimate of drug-likeness (QED) is 0.624. The van der Waals surface area contributed by atoms with Crippen LogP contribution in [0.4, 0.5) is 11.4 Å². The van der Waals surface area contributed by atoms with Crippen molar-refractivity contribution in [3.05, 3.63) is 84.4 Å². The molecule has 4 aromatic rings. The Bertz CT molecular complexity index is 1010. The summed E-state index contributed by atoms with van der Waals surface area (Å²) in [7, 11) is 0. The number of benzene rings is 3. The molecule has 24 heavy (non-hydrogen) atoms. The average Bonchev–Trinajstić information content (AvgIpc) is 3.07. The Balaban J connectivity index is 1.75. The van der Waals surface area contributed by atoms with Crippen molar-refractivity contribution in [2.45, 2.75) is 0 Å². The van der Waals surface area contributed by atoms with Crippen molar-refractivity contribution in [1.82, 2.24) is 15.0 Å². The monoisotopic (exact) mass is 314 g/mol. The third kappa shape index (κ3) is 2.52. The van der Waals surface area contributed by atoms with Gasteiger partial charge >= 0.3 is 0 Å². The van der Waals surface area contributed by atoms with Crippen molar-refractivity contribution < 1.29 is 4.79 Å². The van der Waals surface area contributed by atoms with Gasteiger partial charge in [0.2, 0.25) is 0 Å². The Morgan fingerprint density at radius 2 is 1.54 bits per heavy atom. The highest BCUT2D eigenvalue weighted by Gasteiger charge is 2.17. The molecule has 1 aromatic heterocycles. The second kappa shape index (κ2) is 5.96. The van der Waals surface area contributed by atoms with E-state index in [1.165, 1.54) is 4.68 Å². The maximum Gasteiger partial charge on any atom is 0.282 e. The third-order valence-electron chi connectivity index (χ3n) is 3.75. The van der Waals surface area contributed by atoms with Gasteiger partial charge in [-0.05, 0) is 36.4 Å². The van der Waals surface area contributed by atoms with E-state index < -0.39 is 0 Å². The van der Waals surface area contributed by atoms with Crippen LogP contribution in [-0.4, -0.2) is 20.9 Å². The van der Waals surface area contributed by atoms with Gasteiger partial charge in [-0.3, -0.25) is 4.79 Å². The molecular formula is C19H14N4O. The molecule has 4 rings (SSSR count). The first-order chi connectivity index (χ1) is 11.8. The molecule has 0 saturated carbocycles. The molecule has 0 unspecified atom stereocenters. The number of carbonyl (C=O) groups excluding carboxylic acids is 1. The van der Waals surface area contributed by atoms with Gasteiger partial charge in [-0.15, -0.1) is 5.10 Å². The van der Waals surface area contributed by atoms with Crippen molar-refractivity contribution in [1.29, 1.82) is 0 Å². The van der Waals surface area contributed by atoms with Crippen molar-refractivity contribution >= 4 is 28.3 Å². The Hall–Kier alpha value is -3.47. The lowest BCUT2D eigenvalue weighted by atomic mass is 10.1. The fraction of sp³-hybridized carbons (Fsp3) is 0. The Morgan fingerprint density at radius 3 is 2.42 bits per heavy atom. The van der Waals surface area contributed by atoms with E-state index in [4.69, 9.17) is 0 Å². The predicted molar refractivity (Wildman–Crippen MR) is 93.4 cm³/mol. The Labute approximate surface area is 138 Å². The van der Waals surface area contributed by atoms with Gasteiger partial charge in [0.15, 0.2) is 0 Å². The molecule has 0 aliphatic carbocycles. The van der Waals surface area contributed by atoms with Crippen LogP contribution < -0.4 is 5.32 Å². The normalized spacial score (nSPS) is 10.7. The number of rotatable bonds is 3. The van der Waals surface area contributed by atoms with Crippen molar-refractivity contribution in [2.24, 2.45) is 0 Å². The summed E-state index contributed by atoms with van der Waals surface area (Å²) in [6, 6.07) is 24.5. The lowest BCUT2D eigenvalue weighted by Gasteiger charge is -2.11. The van der Waals surface area contributed by atoms with E-state index in [9.17, 15) is 4.79 Å². The van der Waals surface area contributed by atoms with Gasteiger partial charge in [0.1, 0.15) is 5.52 Å². The lowest BCUT2D eigenvalue weighted by Crippen LogP contribution is -2.15. The first-order valence-corrected chi connectivity index (χ1v) is 7.59. The number of hydrogen-bond donors (Lipinski definition) is 1. The van der Waals surface area contributed by atoms with Crippen molar-refractivity contribution in [3.63, 3.8) is 0 Å². The van der Waals surface area contributed by atoms with Gasteiger partial charge < -0.3 is 5.32 Å². The molecule has 0 spiro atoms. The van der Waals surface area contributed by atoms with E-state index >= 15 is 0 Å². The molecule has 116 valence electrons. The number of carbonyl (C=O) groups is 1. The Kier molecular flexibility index (Phi) is 3.51. The van der Waals surface area contributed by atoms with Crippen molar-refractivity contribution in [3.8, 4) is 0 Å². The van der Waals surface area contributed by atoms with Crippen LogP contribution in [0.5, 0.6) is 0 Å². The third-order valence-corrected chi connectivity index (χ3v) is 3.75. The molecule has 1 heterocycles. The zero-order valence-electron chi connectivity index (χ0n) is 12.8. The zero-order valence-corrected chi connectivity index (χ0v) is 12.8. The van der Waals surface area contributed by atoms with Gasteiger partial charge in [0.05, 0.1) is 16.8 Å². The van der Waals surface area contributed by atoms with Gasteiger partial charge in [0, 0.05) is 5.69 Å². The van der Waals surface area contributed by atoms with Crippen LogP contribution in [0, 0.1) is 0 Å². The molecule has 0 atom stereocenters. The highest BCUT2D eigenvalue weighted by Crippen LogP contribution is 2.22. The average molecular weight is 314 g/mol. The highest BCUT2D eigenvalue weighted by molar-refractivity contribution is 6.04. The maximum atomic E-state index is 13.0. The van der Waals surface area contributed by atoms with E-state index in [-0.39, 0.29) is 5.91 Å². The van der Waals surface area contributed by atoms with Gasteiger partial charge in [-0.1, -0.05) is 47.7 Å². The minimum Gasteiger partial charge on any atom is -0.355 e. The number of nitrogens with zero attached hydrogens (tertiary/aromatic N) is 3. The minimum atomic E-state index is -0.220. The molecule has 1 N–H and O–H groups in total. The standard InChI is InChI=1S/C19H14N4O/c24-19(23-18-13-7-6-12-17(18)21-22-23)15-10-4-5-11-16(15)20-14-8-2-1-3-9-14/h1-13,20H.